The quantitative estimate of drug-likeness (QED) is 0.728. The van der Waals surface area contributed by atoms with Crippen molar-refractivity contribution in [1.29, 1.82) is 0 Å². The number of rotatable bonds is 3. The first-order chi connectivity index (χ1) is 10.1. The molecule has 0 bridgehead atoms. The zero-order chi connectivity index (χ0) is 14.8. The van der Waals surface area contributed by atoms with Crippen molar-refractivity contribution in [2.24, 2.45) is 0 Å². The van der Waals surface area contributed by atoms with Gasteiger partial charge in [0.05, 0.1) is 0 Å². The molecule has 106 valence electrons. The van der Waals surface area contributed by atoms with Crippen LogP contribution < -0.4 is 5.32 Å². The minimum atomic E-state index is -0.580. The summed E-state index contributed by atoms with van der Waals surface area (Å²) in [7, 11) is 0. The van der Waals surface area contributed by atoms with Crippen LogP contribution in [0.5, 0.6) is 0 Å². The summed E-state index contributed by atoms with van der Waals surface area (Å²) in [6, 6.07) is 11.3. The van der Waals surface area contributed by atoms with Gasteiger partial charge >= 0.3 is 0 Å². The molecular formula is C16H11BrF2N2. The summed E-state index contributed by atoms with van der Waals surface area (Å²) in [4.78, 5) is 4.28. The third kappa shape index (κ3) is 2.88. The fourth-order valence-electron chi connectivity index (χ4n) is 2.15. The topological polar surface area (TPSA) is 24.9 Å². The van der Waals surface area contributed by atoms with Gasteiger partial charge in [-0.1, -0.05) is 34.1 Å². The van der Waals surface area contributed by atoms with Crippen LogP contribution in [0.25, 0.3) is 10.8 Å². The van der Waals surface area contributed by atoms with Gasteiger partial charge in [0.2, 0.25) is 0 Å². The van der Waals surface area contributed by atoms with E-state index in [0.29, 0.717) is 11.4 Å². The molecule has 3 rings (SSSR count). The molecular weight excluding hydrogens is 338 g/mol. The SMILES string of the molecule is Fc1ccc(CNc2nccc3c(Br)cccc23)c(F)c1. The van der Waals surface area contributed by atoms with Crippen molar-refractivity contribution < 1.29 is 8.78 Å². The van der Waals surface area contributed by atoms with Crippen LogP contribution in [0.4, 0.5) is 14.6 Å². The van der Waals surface area contributed by atoms with Crippen molar-refractivity contribution in [2.45, 2.75) is 6.54 Å². The molecule has 0 spiro atoms. The van der Waals surface area contributed by atoms with Gasteiger partial charge in [0.1, 0.15) is 17.5 Å². The maximum absolute atomic E-state index is 13.6. The largest absolute Gasteiger partial charge is 0.365 e. The lowest BCUT2D eigenvalue weighted by Crippen LogP contribution is -2.04. The zero-order valence-electron chi connectivity index (χ0n) is 10.9. The molecule has 0 saturated carbocycles. The Morgan fingerprint density at radius 1 is 1.05 bits per heavy atom. The summed E-state index contributed by atoms with van der Waals surface area (Å²) >= 11 is 3.49. The number of aromatic nitrogens is 1. The first-order valence-electron chi connectivity index (χ1n) is 6.36. The number of benzene rings is 2. The number of fused-ring (bicyclic) bond motifs is 1. The molecule has 0 amide bonds. The maximum Gasteiger partial charge on any atom is 0.134 e. The fourth-order valence-corrected chi connectivity index (χ4v) is 2.65. The van der Waals surface area contributed by atoms with E-state index in [9.17, 15) is 8.78 Å². The minimum Gasteiger partial charge on any atom is -0.365 e. The molecule has 0 aliphatic heterocycles. The van der Waals surface area contributed by atoms with Gasteiger partial charge in [0.25, 0.3) is 0 Å². The van der Waals surface area contributed by atoms with E-state index in [0.717, 1.165) is 21.3 Å². The summed E-state index contributed by atoms with van der Waals surface area (Å²) in [5, 5.41) is 5.06. The van der Waals surface area contributed by atoms with Crippen LogP contribution in [-0.2, 0) is 6.54 Å². The lowest BCUT2D eigenvalue weighted by atomic mass is 10.1. The molecule has 1 heterocycles. The Kier molecular flexibility index (Phi) is 3.84. The van der Waals surface area contributed by atoms with Crippen LogP contribution in [0, 0.1) is 11.6 Å². The monoisotopic (exact) mass is 348 g/mol. The molecule has 0 unspecified atom stereocenters. The molecule has 2 nitrogen and oxygen atoms in total. The normalized spacial score (nSPS) is 10.8. The van der Waals surface area contributed by atoms with Crippen LogP contribution in [-0.4, -0.2) is 4.98 Å². The maximum atomic E-state index is 13.6. The van der Waals surface area contributed by atoms with Crippen molar-refractivity contribution in [2.75, 3.05) is 5.32 Å². The van der Waals surface area contributed by atoms with Crippen molar-refractivity contribution in [3.63, 3.8) is 0 Å². The van der Waals surface area contributed by atoms with E-state index >= 15 is 0 Å². The molecule has 1 N–H and O–H groups in total. The molecule has 2 aromatic carbocycles. The van der Waals surface area contributed by atoms with Gasteiger partial charge in [-0.25, -0.2) is 13.8 Å². The predicted molar refractivity (Wildman–Crippen MR) is 83.1 cm³/mol. The van der Waals surface area contributed by atoms with E-state index in [4.69, 9.17) is 0 Å². The van der Waals surface area contributed by atoms with Gasteiger partial charge in [-0.05, 0) is 18.2 Å². The van der Waals surface area contributed by atoms with E-state index < -0.39 is 11.6 Å². The third-order valence-electron chi connectivity index (χ3n) is 3.21. The van der Waals surface area contributed by atoms with Crippen molar-refractivity contribution in [3.05, 3.63) is 70.3 Å². The Morgan fingerprint density at radius 2 is 1.90 bits per heavy atom. The Bertz CT molecular complexity index is 805. The highest BCUT2D eigenvalue weighted by molar-refractivity contribution is 9.10. The number of pyridine rings is 1. The lowest BCUT2D eigenvalue weighted by Gasteiger charge is -2.10. The van der Waals surface area contributed by atoms with E-state index in [1.54, 1.807) is 6.20 Å². The highest BCUT2D eigenvalue weighted by Crippen LogP contribution is 2.27. The Labute approximate surface area is 129 Å². The molecule has 3 aromatic rings. The molecule has 0 aliphatic rings. The van der Waals surface area contributed by atoms with Crippen LogP contribution in [0.2, 0.25) is 0 Å². The Balaban J connectivity index is 1.90. The van der Waals surface area contributed by atoms with Crippen molar-refractivity contribution >= 4 is 32.5 Å². The molecule has 0 saturated heterocycles. The minimum absolute atomic E-state index is 0.241. The highest BCUT2D eigenvalue weighted by atomic mass is 79.9. The fraction of sp³-hybridized carbons (Fsp3) is 0.0625. The van der Waals surface area contributed by atoms with E-state index in [1.807, 2.05) is 24.3 Å². The second-order valence-corrected chi connectivity index (χ2v) is 5.44. The average Bonchev–Trinajstić information content (AvgIpc) is 2.47. The second-order valence-electron chi connectivity index (χ2n) is 4.58. The van der Waals surface area contributed by atoms with Gasteiger partial charge in [0.15, 0.2) is 0 Å². The molecule has 0 radical (unpaired) electrons. The van der Waals surface area contributed by atoms with Gasteiger partial charge < -0.3 is 5.32 Å². The molecule has 0 atom stereocenters. The second kappa shape index (κ2) is 5.77. The first-order valence-corrected chi connectivity index (χ1v) is 7.15. The average molecular weight is 349 g/mol. The summed E-state index contributed by atoms with van der Waals surface area (Å²) < 4.78 is 27.5. The van der Waals surface area contributed by atoms with E-state index in [1.165, 1.54) is 12.1 Å². The van der Waals surface area contributed by atoms with Gasteiger partial charge in [-0.3, -0.25) is 0 Å². The van der Waals surface area contributed by atoms with Crippen molar-refractivity contribution in [1.82, 2.24) is 4.98 Å². The molecule has 1 aromatic heterocycles. The van der Waals surface area contributed by atoms with E-state index in [-0.39, 0.29) is 6.54 Å². The van der Waals surface area contributed by atoms with E-state index in [2.05, 4.69) is 26.2 Å². The highest BCUT2D eigenvalue weighted by Gasteiger charge is 2.07. The number of halogens is 3. The van der Waals surface area contributed by atoms with Gasteiger partial charge in [-0.2, -0.15) is 0 Å². The summed E-state index contributed by atoms with van der Waals surface area (Å²) in [6.45, 7) is 0.241. The molecule has 0 aliphatic carbocycles. The van der Waals surface area contributed by atoms with Gasteiger partial charge in [-0.15, -0.1) is 0 Å². The Hall–Kier alpha value is -2.01. The number of nitrogens with zero attached hydrogens (tertiary/aromatic N) is 1. The number of nitrogens with one attached hydrogen (secondary N) is 1. The third-order valence-corrected chi connectivity index (χ3v) is 3.91. The van der Waals surface area contributed by atoms with Crippen molar-refractivity contribution in [3.8, 4) is 0 Å². The van der Waals surface area contributed by atoms with Gasteiger partial charge in [0, 0.05) is 39.6 Å². The first kappa shape index (κ1) is 13.9. The van der Waals surface area contributed by atoms with Crippen LogP contribution in [0.15, 0.2) is 53.1 Å². The summed E-state index contributed by atoms with van der Waals surface area (Å²) in [6.07, 6.45) is 1.69. The molecule has 5 heteroatoms. The number of anilines is 1. The standard InChI is InChI=1S/C16H11BrF2N2/c17-14-3-1-2-13-12(14)6-7-20-16(13)21-9-10-4-5-11(18)8-15(10)19/h1-8H,9H2,(H,20,21). The smallest absolute Gasteiger partial charge is 0.134 e. The lowest BCUT2D eigenvalue weighted by molar-refractivity contribution is 0.574. The predicted octanol–water partition coefficient (Wildman–Crippen LogP) is 4.89. The number of hydrogen-bond donors (Lipinski definition) is 1. The Morgan fingerprint density at radius 3 is 2.71 bits per heavy atom. The zero-order valence-corrected chi connectivity index (χ0v) is 12.5. The molecule has 0 fully saturated rings. The van der Waals surface area contributed by atoms with Crippen LogP contribution >= 0.6 is 15.9 Å². The van der Waals surface area contributed by atoms with Crippen LogP contribution in [0.3, 0.4) is 0 Å². The summed E-state index contributed by atoms with van der Waals surface area (Å²) in [5.74, 6) is -0.482. The number of hydrogen-bond acceptors (Lipinski definition) is 2. The summed E-state index contributed by atoms with van der Waals surface area (Å²) in [5.41, 5.74) is 0.394. The van der Waals surface area contributed by atoms with Crippen LogP contribution in [0.1, 0.15) is 5.56 Å². The molecule has 21 heavy (non-hydrogen) atoms.